The highest BCUT2D eigenvalue weighted by Gasteiger charge is 2.22. The standard InChI is InChI=1S/C12H17NO4S/c1-9(18(17)8-11(15)7-14)12(16)13-10-5-3-2-4-6-10/h2-6,9,11,14-15H,7-8H2,1H3,(H,13,16). The van der Waals surface area contributed by atoms with Crippen LogP contribution < -0.4 is 5.32 Å². The summed E-state index contributed by atoms with van der Waals surface area (Å²) in [5, 5.41) is 19.7. The molecule has 0 aromatic heterocycles. The summed E-state index contributed by atoms with van der Waals surface area (Å²) in [6.45, 7) is 1.07. The molecule has 100 valence electrons. The molecular weight excluding hydrogens is 254 g/mol. The summed E-state index contributed by atoms with van der Waals surface area (Å²) in [7, 11) is -1.52. The first kappa shape index (κ1) is 14.8. The van der Waals surface area contributed by atoms with Crippen molar-refractivity contribution in [1.29, 1.82) is 0 Å². The van der Waals surface area contributed by atoms with Gasteiger partial charge in [-0.3, -0.25) is 9.00 Å². The maximum absolute atomic E-state index is 11.8. The number of hydrogen-bond acceptors (Lipinski definition) is 4. The lowest BCUT2D eigenvalue weighted by Gasteiger charge is -2.13. The van der Waals surface area contributed by atoms with Crippen molar-refractivity contribution < 1.29 is 19.2 Å². The molecule has 6 heteroatoms. The molecule has 0 aliphatic carbocycles. The number of rotatable bonds is 6. The number of anilines is 1. The Labute approximate surface area is 108 Å². The Morgan fingerprint density at radius 2 is 2.00 bits per heavy atom. The number of benzene rings is 1. The molecule has 1 amide bonds. The lowest BCUT2D eigenvalue weighted by Crippen LogP contribution is -2.34. The van der Waals surface area contributed by atoms with Crippen molar-refractivity contribution in [2.24, 2.45) is 0 Å². The van der Waals surface area contributed by atoms with Crippen LogP contribution in [0.3, 0.4) is 0 Å². The van der Waals surface area contributed by atoms with E-state index in [0.29, 0.717) is 5.69 Å². The third-order valence-corrected chi connectivity index (χ3v) is 4.09. The lowest BCUT2D eigenvalue weighted by molar-refractivity contribution is -0.115. The Morgan fingerprint density at radius 1 is 1.39 bits per heavy atom. The second-order valence-electron chi connectivity index (χ2n) is 3.88. The van der Waals surface area contributed by atoms with Crippen molar-refractivity contribution in [2.75, 3.05) is 17.7 Å². The van der Waals surface area contributed by atoms with Crippen LogP contribution in [-0.4, -0.2) is 44.0 Å². The van der Waals surface area contributed by atoms with Gasteiger partial charge in [0.2, 0.25) is 5.91 Å². The zero-order valence-corrected chi connectivity index (χ0v) is 10.9. The average Bonchev–Trinajstić information content (AvgIpc) is 2.38. The first-order valence-electron chi connectivity index (χ1n) is 5.56. The van der Waals surface area contributed by atoms with Crippen molar-refractivity contribution in [3.63, 3.8) is 0 Å². The number of aliphatic hydroxyl groups is 2. The van der Waals surface area contributed by atoms with Crippen LogP contribution in [-0.2, 0) is 15.6 Å². The van der Waals surface area contributed by atoms with E-state index < -0.39 is 28.8 Å². The number of carbonyl (C=O) groups is 1. The molecule has 0 aliphatic rings. The third kappa shape index (κ3) is 4.56. The van der Waals surface area contributed by atoms with Crippen LogP contribution in [0.5, 0.6) is 0 Å². The van der Waals surface area contributed by atoms with Gasteiger partial charge < -0.3 is 15.5 Å². The zero-order valence-electron chi connectivity index (χ0n) is 10.1. The first-order valence-corrected chi connectivity index (χ1v) is 6.94. The largest absolute Gasteiger partial charge is 0.394 e. The van der Waals surface area contributed by atoms with Crippen LogP contribution in [0.1, 0.15) is 6.92 Å². The number of amides is 1. The molecule has 0 bridgehead atoms. The van der Waals surface area contributed by atoms with E-state index in [1.165, 1.54) is 6.92 Å². The number of carbonyl (C=O) groups excluding carboxylic acids is 1. The van der Waals surface area contributed by atoms with E-state index in [9.17, 15) is 14.1 Å². The predicted octanol–water partition coefficient (Wildman–Crippen LogP) is 0.116. The van der Waals surface area contributed by atoms with Gasteiger partial charge in [-0.15, -0.1) is 0 Å². The Balaban J connectivity index is 2.54. The summed E-state index contributed by atoms with van der Waals surface area (Å²) < 4.78 is 11.7. The maximum Gasteiger partial charge on any atom is 0.239 e. The number of aliphatic hydroxyl groups excluding tert-OH is 2. The molecule has 1 aromatic rings. The van der Waals surface area contributed by atoms with Gasteiger partial charge in [-0.05, 0) is 19.1 Å². The SMILES string of the molecule is CC(C(=O)Nc1ccccc1)S(=O)CC(O)CO. The van der Waals surface area contributed by atoms with Gasteiger partial charge in [-0.1, -0.05) is 18.2 Å². The van der Waals surface area contributed by atoms with E-state index in [0.717, 1.165) is 0 Å². The van der Waals surface area contributed by atoms with E-state index in [1.807, 2.05) is 6.07 Å². The highest BCUT2D eigenvalue weighted by atomic mass is 32.2. The second kappa shape index (κ2) is 7.25. The molecule has 3 N–H and O–H groups in total. The van der Waals surface area contributed by atoms with Gasteiger partial charge in [0.15, 0.2) is 0 Å². The highest BCUT2D eigenvalue weighted by Crippen LogP contribution is 2.08. The van der Waals surface area contributed by atoms with Crippen molar-refractivity contribution in [1.82, 2.24) is 0 Å². The predicted molar refractivity (Wildman–Crippen MR) is 70.6 cm³/mol. The molecule has 0 radical (unpaired) electrons. The van der Waals surface area contributed by atoms with E-state index >= 15 is 0 Å². The highest BCUT2D eigenvalue weighted by molar-refractivity contribution is 7.86. The summed E-state index contributed by atoms with van der Waals surface area (Å²) in [4.78, 5) is 11.8. The maximum atomic E-state index is 11.8. The van der Waals surface area contributed by atoms with Gasteiger partial charge in [0.05, 0.1) is 18.5 Å². The van der Waals surface area contributed by atoms with Gasteiger partial charge in [0.25, 0.3) is 0 Å². The smallest absolute Gasteiger partial charge is 0.239 e. The Bertz CT molecular complexity index is 410. The quantitative estimate of drug-likeness (QED) is 0.685. The van der Waals surface area contributed by atoms with Crippen LogP contribution in [0.2, 0.25) is 0 Å². The monoisotopic (exact) mass is 271 g/mol. The Hall–Kier alpha value is -1.24. The molecular formula is C12H17NO4S. The molecule has 1 rings (SSSR count). The normalized spacial score (nSPS) is 15.7. The summed E-state index contributed by atoms with van der Waals surface area (Å²) in [6.07, 6.45) is -1.06. The van der Waals surface area contributed by atoms with E-state index in [2.05, 4.69) is 5.32 Å². The van der Waals surface area contributed by atoms with Crippen molar-refractivity contribution >= 4 is 22.4 Å². The summed E-state index contributed by atoms with van der Waals surface area (Å²) in [5.41, 5.74) is 0.633. The molecule has 1 aromatic carbocycles. The van der Waals surface area contributed by atoms with Gasteiger partial charge >= 0.3 is 0 Å². The fourth-order valence-corrected chi connectivity index (χ4v) is 2.34. The minimum absolute atomic E-state index is 0.111. The molecule has 0 saturated carbocycles. The van der Waals surface area contributed by atoms with Crippen molar-refractivity contribution in [3.05, 3.63) is 30.3 Å². The molecule has 18 heavy (non-hydrogen) atoms. The summed E-state index contributed by atoms with van der Waals surface area (Å²) in [5.74, 6) is -0.482. The van der Waals surface area contributed by atoms with Crippen molar-refractivity contribution in [2.45, 2.75) is 18.3 Å². The number of para-hydroxylation sites is 1. The molecule has 5 nitrogen and oxygen atoms in total. The van der Waals surface area contributed by atoms with Crippen LogP contribution in [0, 0.1) is 0 Å². The number of nitrogens with one attached hydrogen (secondary N) is 1. The van der Waals surface area contributed by atoms with Crippen LogP contribution in [0.25, 0.3) is 0 Å². The Morgan fingerprint density at radius 3 is 2.56 bits per heavy atom. The average molecular weight is 271 g/mol. The minimum Gasteiger partial charge on any atom is -0.394 e. The first-order chi connectivity index (χ1) is 8.54. The van der Waals surface area contributed by atoms with Gasteiger partial charge in [-0.2, -0.15) is 0 Å². The third-order valence-electron chi connectivity index (χ3n) is 2.37. The van der Waals surface area contributed by atoms with Gasteiger partial charge in [0.1, 0.15) is 5.25 Å². The molecule has 0 saturated heterocycles. The van der Waals surface area contributed by atoms with Crippen LogP contribution in [0.15, 0.2) is 30.3 Å². The van der Waals surface area contributed by atoms with E-state index in [-0.39, 0.29) is 11.7 Å². The van der Waals surface area contributed by atoms with Crippen molar-refractivity contribution in [3.8, 4) is 0 Å². The van der Waals surface area contributed by atoms with E-state index in [4.69, 9.17) is 5.11 Å². The second-order valence-corrected chi connectivity index (χ2v) is 5.68. The van der Waals surface area contributed by atoms with Crippen LogP contribution >= 0.6 is 0 Å². The minimum atomic E-state index is -1.52. The molecule has 0 heterocycles. The molecule has 0 fully saturated rings. The fourth-order valence-electron chi connectivity index (χ4n) is 1.27. The fraction of sp³-hybridized carbons (Fsp3) is 0.417. The van der Waals surface area contributed by atoms with Gasteiger partial charge in [0, 0.05) is 16.5 Å². The summed E-state index contributed by atoms with van der Waals surface area (Å²) in [6, 6.07) is 8.86. The molecule has 0 spiro atoms. The zero-order chi connectivity index (χ0) is 13.5. The topological polar surface area (TPSA) is 86.6 Å². The molecule has 0 aliphatic heterocycles. The lowest BCUT2D eigenvalue weighted by atomic mass is 10.3. The Kier molecular flexibility index (Phi) is 5.97. The van der Waals surface area contributed by atoms with E-state index in [1.54, 1.807) is 24.3 Å². The number of hydrogen-bond donors (Lipinski definition) is 3. The molecule has 3 unspecified atom stereocenters. The van der Waals surface area contributed by atoms with Crippen LogP contribution in [0.4, 0.5) is 5.69 Å². The summed E-state index contributed by atoms with van der Waals surface area (Å²) >= 11 is 0. The molecule has 3 atom stereocenters. The van der Waals surface area contributed by atoms with Gasteiger partial charge in [-0.25, -0.2) is 0 Å².